The Morgan fingerprint density at radius 3 is 2.95 bits per heavy atom. The fourth-order valence-corrected chi connectivity index (χ4v) is 1.80. The zero-order valence-corrected chi connectivity index (χ0v) is 11.5. The van der Waals surface area contributed by atoms with Gasteiger partial charge in [0.15, 0.2) is 0 Å². The van der Waals surface area contributed by atoms with Crippen LogP contribution in [0.15, 0.2) is 24.4 Å². The van der Waals surface area contributed by atoms with Crippen LogP contribution in [0, 0.1) is 0 Å². The first-order valence-corrected chi connectivity index (χ1v) is 6.29. The highest BCUT2D eigenvalue weighted by molar-refractivity contribution is 5.89. The Balaban J connectivity index is 2.10. The topological polar surface area (TPSA) is 110 Å². The van der Waals surface area contributed by atoms with Crippen molar-refractivity contribution in [1.82, 2.24) is 15.0 Å². The molecule has 2 aromatic rings. The summed E-state index contributed by atoms with van der Waals surface area (Å²) in [6.07, 6.45) is 1.71. The minimum absolute atomic E-state index is 0.00922. The van der Waals surface area contributed by atoms with Gasteiger partial charge < -0.3 is 20.3 Å². The molecule has 8 nitrogen and oxygen atoms in total. The van der Waals surface area contributed by atoms with Crippen molar-refractivity contribution in [3.63, 3.8) is 0 Å². The Hall–Kier alpha value is -2.61. The third-order valence-electron chi connectivity index (χ3n) is 2.82. The summed E-state index contributed by atoms with van der Waals surface area (Å²) in [6.45, 7) is 0.736. The van der Waals surface area contributed by atoms with Crippen molar-refractivity contribution in [2.75, 3.05) is 19.0 Å². The van der Waals surface area contributed by atoms with Gasteiger partial charge in [-0.1, -0.05) is 5.21 Å². The Morgan fingerprint density at radius 1 is 1.48 bits per heavy atom. The molecule has 0 aliphatic carbocycles. The van der Waals surface area contributed by atoms with E-state index in [0.29, 0.717) is 30.2 Å². The van der Waals surface area contributed by atoms with Crippen molar-refractivity contribution in [3.05, 3.63) is 35.7 Å². The lowest BCUT2D eigenvalue weighted by atomic mass is 10.2. The molecular formula is C13H16N4O4. The van der Waals surface area contributed by atoms with E-state index < -0.39 is 5.97 Å². The Labute approximate surface area is 121 Å². The van der Waals surface area contributed by atoms with Gasteiger partial charge in [0.05, 0.1) is 44.3 Å². The normalized spacial score (nSPS) is 10.4. The van der Waals surface area contributed by atoms with Gasteiger partial charge in [0.25, 0.3) is 0 Å². The van der Waals surface area contributed by atoms with Crippen LogP contribution in [0.25, 0.3) is 0 Å². The number of methoxy groups -OCH3 is 1. The van der Waals surface area contributed by atoms with E-state index in [2.05, 4.69) is 15.6 Å². The third-order valence-corrected chi connectivity index (χ3v) is 2.82. The Morgan fingerprint density at radius 2 is 2.29 bits per heavy atom. The molecule has 0 spiro atoms. The second-order valence-electron chi connectivity index (χ2n) is 4.27. The average molecular weight is 292 g/mol. The highest BCUT2D eigenvalue weighted by atomic mass is 16.5. The number of aromatic carboxylic acids is 1. The smallest absolute Gasteiger partial charge is 0.335 e. The fourth-order valence-electron chi connectivity index (χ4n) is 1.80. The Bertz CT molecular complexity index is 626. The van der Waals surface area contributed by atoms with Crippen molar-refractivity contribution in [2.45, 2.75) is 13.1 Å². The number of rotatable bonds is 7. The fraction of sp³-hybridized carbons (Fsp3) is 0.308. The number of carbonyl (C=O) groups is 1. The number of carboxylic acids is 1. The number of hydrogen-bond acceptors (Lipinski definition) is 6. The minimum Gasteiger partial charge on any atom is -0.495 e. The molecule has 8 heteroatoms. The van der Waals surface area contributed by atoms with E-state index in [0.717, 1.165) is 0 Å². The highest BCUT2D eigenvalue weighted by Crippen LogP contribution is 2.25. The number of aliphatic hydroxyl groups is 1. The van der Waals surface area contributed by atoms with Crippen LogP contribution in [-0.2, 0) is 13.1 Å². The monoisotopic (exact) mass is 292 g/mol. The maximum atomic E-state index is 11.0. The largest absolute Gasteiger partial charge is 0.495 e. The molecule has 0 atom stereocenters. The first-order chi connectivity index (χ1) is 10.1. The highest BCUT2D eigenvalue weighted by Gasteiger charge is 2.09. The van der Waals surface area contributed by atoms with E-state index in [1.807, 2.05) is 0 Å². The quantitative estimate of drug-likeness (QED) is 0.685. The zero-order chi connectivity index (χ0) is 15.2. The first kappa shape index (κ1) is 14.8. The molecule has 0 bridgehead atoms. The summed E-state index contributed by atoms with van der Waals surface area (Å²) in [5, 5.41) is 28.7. The molecule has 0 unspecified atom stereocenters. The summed E-state index contributed by atoms with van der Waals surface area (Å²) in [4.78, 5) is 11.0. The molecule has 3 N–H and O–H groups in total. The van der Waals surface area contributed by atoms with Gasteiger partial charge in [0, 0.05) is 0 Å². The van der Waals surface area contributed by atoms with Gasteiger partial charge in [-0.25, -0.2) is 9.48 Å². The van der Waals surface area contributed by atoms with Crippen LogP contribution < -0.4 is 10.1 Å². The molecule has 0 saturated heterocycles. The standard InChI is InChI=1S/C13H16N4O4/c1-21-12-3-2-9(13(19)20)6-11(12)14-7-10-8-17(4-5-18)16-15-10/h2-3,6,8,14,18H,4-5,7H2,1H3,(H,19,20). The third kappa shape index (κ3) is 3.69. The van der Waals surface area contributed by atoms with Crippen molar-refractivity contribution in [3.8, 4) is 5.75 Å². The van der Waals surface area contributed by atoms with E-state index in [4.69, 9.17) is 14.9 Å². The van der Waals surface area contributed by atoms with Crippen LogP contribution in [0.2, 0.25) is 0 Å². The summed E-state index contributed by atoms with van der Waals surface area (Å²) >= 11 is 0. The van der Waals surface area contributed by atoms with Crippen LogP contribution in [0.5, 0.6) is 5.75 Å². The molecule has 0 aliphatic rings. The van der Waals surface area contributed by atoms with Gasteiger partial charge in [-0.2, -0.15) is 0 Å². The number of aromatic nitrogens is 3. The zero-order valence-electron chi connectivity index (χ0n) is 11.5. The van der Waals surface area contributed by atoms with Gasteiger partial charge in [-0.3, -0.25) is 0 Å². The van der Waals surface area contributed by atoms with Crippen molar-refractivity contribution >= 4 is 11.7 Å². The van der Waals surface area contributed by atoms with Crippen LogP contribution >= 0.6 is 0 Å². The molecule has 0 saturated carbocycles. The number of nitrogens with zero attached hydrogens (tertiary/aromatic N) is 3. The number of aliphatic hydroxyl groups excluding tert-OH is 1. The van der Waals surface area contributed by atoms with E-state index >= 15 is 0 Å². The lowest BCUT2D eigenvalue weighted by molar-refractivity contribution is 0.0697. The number of ether oxygens (including phenoxy) is 1. The molecule has 2 rings (SSSR count). The molecule has 1 heterocycles. The number of anilines is 1. The van der Waals surface area contributed by atoms with Gasteiger partial charge in [0.2, 0.25) is 0 Å². The summed E-state index contributed by atoms with van der Waals surface area (Å²) in [7, 11) is 1.51. The maximum Gasteiger partial charge on any atom is 0.335 e. The van der Waals surface area contributed by atoms with Crippen LogP contribution in [0.1, 0.15) is 16.1 Å². The lowest BCUT2D eigenvalue weighted by Crippen LogP contribution is -2.04. The lowest BCUT2D eigenvalue weighted by Gasteiger charge is -2.10. The van der Waals surface area contributed by atoms with Gasteiger partial charge >= 0.3 is 5.97 Å². The SMILES string of the molecule is COc1ccc(C(=O)O)cc1NCc1cn(CCO)nn1. The number of hydrogen-bond donors (Lipinski definition) is 3. The molecule has 1 aromatic heterocycles. The van der Waals surface area contributed by atoms with E-state index in [1.165, 1.54) is 23.9 Å². The van der Waals surface area contributed by atoms with E-state index in [-0.39, 0.29) is 12.2 Å². The average Bonchev–Trinajstić information content (AvgIpc) is 2.92. The van der Waals surface area contributed by atoms with Gasteiger partial charge in [0.1, 0.15) is 11.4 Å². The van der Waals surface area contributed by atoms with Gasteiger partial charge in [-0.05, 0) is 18.2 Å². The summed E-state index contributed by atoms with van der Waals surface area (Å²) in [6, 6.07) is 4.57. The van der Waals surface area contributed by atoms with Crippen molar-refractivity contribution in [1.29, 1.82) is 0 Å². The second kappa shape index (κ2) is 6.71. The molecule has 1 aromatic carbocycles. The summed E-state index contributed by atoms with van der Waals surface area (Å²) in [5.41, 5.74) is 1.41. The molecule has 0 fully saturated rings. The van der Waals surface area contributed by atoms with Crippen LogP contribution in [0.3, 0.4) is 0 Å². The number of nitrogens with one attached hydrogen (secondary N) is 1. The van der Waals surface area contributed by atoms with Crippen LogP contribution in [0.4, 0.5) is 5.69 Å². The summed E-state index contributed by atoms with van der Waals surface area (Å²) < 4.78 is 6.71. The predicted molar refractivity (Wildman–Crippen MR) is 74.4 cm³/mol. The Kier molecular flexibility index (Phi) is 4.72. The van der Waals surface area contributed by atoms with Gasteiger partial charge in [-0.15, -0.1) is 5.10 Å². The van der Waals surface area contributed by atoms with Crippen molar-refractivity contribution < 1.29 is 19.7 Å². The molecular weight excluding hydrogens is 276 g/mol. The number of carboxylic acid groups (broad SMARTS) is 1. The molecule has 0 aliphatic heterocycles. The van der Waals surface area contributed by atoms with Crippen molar-refractivity contribution in [2.24, 2.45) is 0 Å². The second-order valence-corrected chi connectivity index (χ2v) is 4.27. The maximum absolute atomic E-state index is 11.0. The van der Waals surface area contributed by atoms with E-state index in [9.17, 15) is 4.79 Å². The molecule has 21 heavy (non-hydrogen) atoms. The molecule has 0 amide bonds. The predicted octanol–water partition coefficient (Wildman–Crippen LogP) is 0.589. The minimum atomic E-state index is -1.01. The molecule has 112 valence electrons. The molecule has 0 radical (unpaired) electrons. The first-order valence-electron chi connectivity index (χ1n) is 6.29. The summed E-state index contributed by atoms with van der Waals surface area (Å²) in [5.74, 6) is -0.461. The number of benzene rings is 1. The van der Waals surface area contributed by atoms with Crippen LogP contribution in [-0.4, -0.2) is 44.9 Å². The van der Waals surface area contributed by atoms with E-state index in [1.54, 1.807) is 12.3 Å².